The van der Waals surface area contributed by atoms with Gasteiger partial charge in [-0.1, -0.05) is 6.07 Å². The third-order valence-electron chi connectivity index (χ3n) is 3.01. The predicted octanol–water partition coefficient (Wildman–Crippen LogP) is 1.82. The van der Waals surface area contributed by atoms with Crippen molar-refractivity contribution in [3.8, 4) is 0 Å². The van der Waals surface area contributed by atoms with E-state index in [0.717, 1.165) is 12.1 Å². The van der Waals surface area contributed by atoms with Crippen LogP contribution in [-0.4, -0.2) is 35.3 Å². The summed E-state index contributed by atoms with van der Waals surface area (Å²) in [5.74, 6) is 0.123. The van der Waals surface area contributed by atoms with E-state index in [0.29, 0.717) is 0 Å². The molecule has 0 atom stereocenters. The first-order chi connectivity index (χ1) is 11.0. The molecule has 0 saturated heterocycles. The number of halogens is 3. The largest absolute Gasteiger partial charge is 0.416 e. The smallest absolute Gasteiger partial charge is 0.337 e. The standard InChI is InChI=1S/C11H5F3N8O/c12-11(13,14)5-2-1-3-6(4-5)15-7-9-17-20-21-22(9)10-8(16-7)18-23-19-10/h1-4H,(H,15,16,18). The molecular weight excluding hydrogens is 317 g/mol. The van der Waals surface area contributed by atoms with E-state index in [-0.39, 0.29) is 28.4 Å². The van der Waals surface area contributed by atoms with E-state index in [1.807, 2.05) is 0 Å². The minimum absolute atomic E-state index is 0.110. The molecule has 23 heavy (non-hydrogen) atoms. The number of hydrogen-bond acceptors (Lipinski definition) is 8. The number of nitrogens with one attached hydrogen (secondary N) is 1. The third-order valence-corrected chi connectivity index (χ3v) is 3.01. The van der Waals surface area contributed by atoms with E-state index in [2.05, 4.69) is 40.8 Å². The van der Waals surface area contributed by atoms with Gasteiger partial charge in [0.15, 0.2) is 5.82 Å². The molecule has 1 aromatic carbocycles. The highest BCUT2D eigenvalue weighted by Gasteiger charge is 2.30. The summed E-state index contributed by atoms with van der Waals surface area (Å²) in [4.78, 5) is 4.10. The molecule has 1 N–H and O–H groups in total. The number of tetrazole rings is 1. The Kier molecular flexibility index (Phi) is 2.67. The van der Waals surface area contributed by atoms with Gasteiger partial charge in [0.05, 0.1) is 5.56 Å². The SMILES string of the molecule is FC(F)(F)c1cccc(Nc2nc3nonc3n3nnnc23)c1. The molecule has 0 amide bonds. The monoisotopic (exact) mass is 322 g/mol. The summed E-state index contributed by atoms with van der Waals surface area (Å²) < 4.78 is 44.1. The van der Waals surface area contributed by atoms with E-state index in [1.165, 1.54) is 16.6 Å². The van der Waals surface area contributed by atoms with Crippen LogP contribution in [0.3, 0.4) is 0 Å². The zero-order valence-corrected chi connectivity index (χ0v) is 11.0. The van der Waals surface area contributed by atoms with Gasteiger partial charge < -0.3 is 5.32 Å². The predicted molar refractivity (Wildman–Crippen MR) is 68.7 cm³/mol. The van der Waals surface area contributed by atoms with Crippen molar-refractivity contribution in [2.24, 2.45) is 0 Å². The minimum atomic E-state index is -4.45. The molecule has 116 valence electrons. The molecule has 9 nitrogen and oxygen atoms in total. The Morgan fingerprint density at radius 2 is 2.00 bits per heavy atom. The number of benzene rings is 1. The molecule has 3 heterocycles. The second-order valence-electron chi connectivity index (χ2n) is 4.49. The lowest BCUT2D eigenvalue weighted by Crippen LogP contribution is -2.06. The molecule has 12 heteroatoms. The number of anilines is 2. The maximum absolute atomic E-state index is 12.8. The van der Waals surface area contributed by atoms with Crippen molar-refractivity contribution in [2.45, 2.75) is 6.18 Å². The third kappa shape index (κ3) is 2.20. The van der Waals surface area contributed by atoms with Crippen LogP contribution in [0.4, 0.5) is 24.7 Å². The molecule has 4 aromatic rings. The van der Waals surface area contributed by atoms with Crippen molar-refractivity contribution in [3.05, 3.63) is 29.8 Å². The number of rotatable bonds is 2. The minimum Gasteiger partial charge on any atom is -0.337 e. The molecule has 0 radical (unpaired) electrons. The topological polar surface area (TPSA) is 107 Å². The van der Waals surface area contributed by atoms with Crippen LogP contribution in [0.25, 0.3) is 16.9 Å². The van der Waals surface area contributed by atoms with Crippen LogP contribution in [0.1, 0.15) is 5.56 Å². The van der Waals surface area contributed by atoms with Gasteiger partial charge in [0, 0.05) is 5.69 Å². The normalized spacial score (nSPS) is 12.1. The van der Waals surface area contributed by atoms with Gasteiger partial charge in [-0.25, -0.2) is 9.61 Å². The van der Waals surface area contributed by atoms with Gasteiger partial charge in [-0.05, 0) is 38.9 Å². The quantitative estimate of drug-likeness (QED) is 0.595. The van der Waals surface area contributed by atoms with Crippen LogP contribution in [0.5, 0.6) is 0 Å². The Morgan fingerprint density at radius 3 is 2.83 bits per heavy atom. The van der Waals surface area contributed by atoms with Gasteiger partial charge in [-0.2, -0.15) is 17.7 Å². The van der Waals surface area contributed by atoms with Gasteiger partial charge in [-0.3, -0.25) is 0 Å². The summed E-state index contributed by atoms with van der Waals surface area (Å²) in [6.45, 7) is 0. The molecule has 0 spiro atoms. The number of aromatic nitrogens is 7. The molecular formula is C11H5F3N8O. The average molecular weight is 322 g/mol. The van der Waals surface area contributed by atoms with E-state index < -0.39 is 11.7 Å². The van der Waals surface area contributed by atoms with Crippen molar-refractivity contribution in [2.75, 3.05) is 5.32 Å². The molecule has 0 unspecified atom stereocenters. The van der Waals surface area contributed by atoms with Crippen LogP contribution < -0.4 is 5.32 Å². The Labute approximate surface area is 124 Å². The maximum Gasteiger partial charge on any atom is 0.416 e. The summed E-state index contributed by atoms with van der Waals surface area (Å²) in [5, 5.41) is 20.9. The maximum atomic E-state index is 12.8. The van der Waals surface area contributed by atoms with Crippen LogP contribution in [0.2, 0.25) is 0 Å². The Balaban J connectivity index is 1.82. The van der Waals surface area contributed by atoms with Crippen LogP contribution >= 0.6 is 0 Å². The first kappa shape index (κ1) is 13.4. The van der Waals surface area contributed by atoms with Crippen molar-refractivity contribution in [1.29, 1.82) is 0 Å². The van der Waals surface area contributed by atoms with Crippen molar-refractivity contribution in [3.63, 3.8) is 0 Å². The van der Waals surface area contributed by atoms with Gasteiger partial charge in [0.1, 0.15) is 0 Å². The fourth-order valence-corrected chi connectivity index (χ4v) is 2.01. The Hall–Kier alpha value is -3.31. The van der Waals surface area contributed by atoms with Crippen LogP contribution in [0, 0.1) is 0 Å². The van der Waals surface area contributed by atoms with Gasteiger partial charge >= 0.3 is 6.18 Å². The molecule has 0 aliphatic carbocycles. The molecule has 0 aliphatic heterocycles. The highest BCUT2D eigenvalue weighted by Crippen LogP contribution is 2.31. The van der Waals surface area contributed by atoms with Gasteiger partial charge in [0.25, 0.3) is 0 Å². The lowest BCUT2D eigenvalue weighted by atomic mass is 10.2. The molecule has 4 rings (SSSR count). The molecule has 0 saturated carbocycles. The number of nitrogens with zero attached hydrogens (tertiary/aromatic N) is 7. The van der Waals surface area contributed by atoms with Crippen molar-refractivity contribution < 1.29 is 17.8 Å². The van der Waals surface area contributed by atoms with Crippen molar-refractivity contribution >= 4 is 28.4 Å². The molecule has 3 aromatic heterocycles. The van der Waals surface area contributed by atoms with E-state index in [1.54, 1.807) is 0 Å². The van der Waals surface area contributed by atoms with Gasteiger partial charge in [-0.15, -0.1) is 5.10 Å². The molecule has 0 fully saturated rings. The summed E-state index contributed by atoms with van der Waals surface area (Å²) in [6.07, 6.45) is -4.45. The highest BCUT2D eigenvalue weighted by molar-refractivity contribution is 5.78. The zero-order valence-electron chi connectivity index (χ0n) is 11.0. The lowest BCUT2D eigenvalue weighted by Gasteiger charge is -2.10. The average Bonchev–Trinajstić information content (AvgIpc) is 3.14. The Bertz CT molecular complexity index is 1010. The second-order valence-corrected chi connectivity index (χ2v) is 4.49. The highest BCUT2D eigenvalue weighted by atomic mass is 19.4. The second kappa shape index (κ2) is 4.59. The van der Waals surface area contributed by atoms with E-state index in [4.69, 9.17) is 0 Å². The number of fused-ring (bicyclic) bond motifs is 3. The molecule has 0 bridgehead atoms. The summed E-state index contributed by atoms with van der Waals surface area (Å²) >= 11 is 0. The molecule has 0 aliphatic rings. The van der Waals surface area contributed by atoms with Gasteiger partial charge in [0.2, 0.25) is 16.9 Å². The Morgan fingerprint density at radius 1 is 1.13 bits per heavy atom. The summed E-state index contributed by atoms with van der Waals surface area (Å²) in [7, 11) is 0. The number of alkyl halides is 3. The lowest BCUT2D eigenvalue weighted by molar-refractivity contribution is -0.137. The van der Waals surface area contributed by atoms with Crippen molar-refractivity contribution in [1.82, 2.24) is 35.3 Å². The van der Waals surface area contributed by atoms with E-state index >= 15 is 0 Å². The van der Waals surface area contributed by atoms with Crippen LogP contribution in [-0.2, 0) is 6.18 Å². The first-order valence-corrected chi connectivity index (χ1v) is 6.17. The first-order valence-electron chi connectivity index (χ1n) is 6.17. The fraction of sp³-hybridized carbons (Fsp3) is 0.0909. The summed E-state index contributed by atoms with van der Waals surface area (Å²) in [5.41, 5.74) is -0.139. The zero-order chi connectivity index (χ0) is 16.0. The number of hydrogen-bond donors (Lipinski definition) is 1. The summed E-state index contributed by atoms with van der Waals surface area (Å²) in [6, 6.07) is 4.66. The fourth-order valence-electron chi connectivity index (χ4n) is 2.01. The van der Waals surface area contributed by atoms with Crippen LogP contribution in [0.15, 0.2) is 28.9 Å². The van der Waals surface area contributed by atoms with E-state index in [9.17, 15) is 13.2 Å².